The highest BCUT2D eigenvalue weighted by molar-refractivity contribution is 6.30. The topological polar surface area (TPSA) is 56.0 Å². The molecule has 19 heavy (non-hydrogen) atoms. The lowest BCUT2D eigenvalue weighted by Gasteiger charge is -2.36. The van der Waals surface area contributed by atoms with Gasteiger partial charge in [0.05, 0.1) is 17.9 Å². The van der Waals surface area contributed by atoms with Gasteiger partial charge in [-0.15, -0.1) is 0 Å². The number of aliphatic hydroxyl groups excluding tert-OH is 1. The molecule has 0 aromatic heterocycles. The van der Waals surface area contributed by atoms with Gasteiger partial charge < -0.3 is 10.4 Å². The summed E-state index contributed by atoms with van der Waals surface area (Å²) in [5.41, 5.74) is 1.31. The van der Waals surface area contributed by atoms with Crippen LogP contribution in [0, 0.1) is 16.7 Å². The molecule has 2 N–H and O–H groups in total. The summed E-state index contributed by atoms with van der Waals surface area (Å²) < 4.78 is 0. The fourth-order valence-corrected chi connectivity index (χ4v) is 2.91. The average Bonchev–Trinajstić information content (AvgIpc) is 2.47. The van der Waals surface area contributed by atoms with Crippen LogP contribution in [0.2, 0.25) is 5.02 Å². The molecule has 0 atom stereocenters. The first-order valence-electron chi connectivity index (χ1n) is 6.73. The first kappa shape index (κ1) is 14.2. The van der Waals surface area contributed by atoms with Crippen molar-refractivity contribution in [3.8, 4) is 6.07 Å². The molecule has 1 aliphatic carbocycles. The summed E-state index contributed by atoms with van der Waals surface area (Å²) in [5.74, 6) is 0. The Morgan fingerprint density at radius 1 is 1.32 bits per heavy atom. The number of nitriles is 1. The van der Waals surface area contributed by atoms with Crippen LogP contribution in [-0.2, 0) is 0 Å². The van der Waals surface area contributed by atoms with Crippen LogP contribution in [0.4, 0.5) is 5.69 Å². The van der Waals surface area contributed by atoms with E-state index >= 15 is 0 Å². The molecule has 0 unspecified atom stereocenters. The van der Waals surface area contributed by atoms with Gasteiger partial charge in [-0.1, -0.05) is 30.9 Å². The molecule has 0 bridgehead atoms. The van der Waals surface area contributed by atoms with Crippen molar-refractivity contribution in [2.75, 3.05) is 18.5 Å². The Morgan fingerprint density at radius 2 is 2.05 bits per heavy atom. The first-order valence-corrected chi connectivity index (χ1v) is 7.11. The average molecular weight is 279 g/mol. The monoisotopic (exact) mass is 278 g/mol. The highest BCUT2D eigenvalue weighted by Gasteiger charge is 2.31. The quantitative estimate of drug-likeness (QED) is 0.885. The first-order chi connectivity index (χ1) is 9.19. The minimum Gasteiger partial charge on any atom is -0.396 e. The summed E-state index contributed by atoms with van der Waals surface area (Å²) in [6, 6.07) is 7.41. The number of nitrogens with zero attached hydrogens (tertiary/aromatic N) is 1. The Balaban J connectivity index is 2.07. The highest BCUT2D eigenvalue weighted by Crippen LogP contribution is 2.36. The molecule has 4 heteroatoms. The largest absolute Gasteiger partial charge is 0.396 e. The maximum atomic E-state index is 9.66. The van der Waals surface area contributed by atoms with Crippen molar-refractivity contribution in [1.82, 2.24) is 0 Å². The lowest BCUT2D eigenvalue weighted by atomic mass is 9.74. The van der Waals surface area contributed by atoms with Crippen LogP contribution in [-0.4, -0.2) is 18.3 Å². The van der Waals surface area contributed by atoms with Crippen LogP contribution in [0.3, 0.4) is 0 Å². The van der Waals surface area contributed by atoms with Crippen LogP contribution in [0.25, 0.3) is 0 Å². The molecular weight excluding hydrogens is 260 g/mol. The number of anilines is 1. The zero-order valence-electron chi connectivity index (χ0n) is 11.0. The molecule has 0 radical (unpaired) electrons. The van der Waals surface area contributed by atoms with Crippen molar-refractivity contribution in [1.29, 1.82) is 5.26 Å². The summed E-state index contributed by atoms with van der Waals surface area (Å²) in [7, 11) is 0. The second kappa shape index (κ2) is 6.27. The van der Waals surface area contributed by atoms with E-state index in [-0.39, 0.29) is 12.0 Å². The van der Waals surface area contributed by atoms with Gasteiger partial charge in [-0.05, 0) is 31.0 Å². The van der Waals surface area contributed by atoms with E-state index in [1.165, 1.54) is 19.3 Å². The molecule has 1 aromatic rings. The number of hydrogen-bond acceptors (Lipinski definition) is 3. The van der Waals surface area contributed by atoms with Crippen LogP contribution >= 0.6 is 11.6 Å². The van der Waals surface area contributed by atoms with E-state index in [0.717, 1.165) is 18.5 Å². The van der Waals surface area contributed by atoms with Gasteiger partial charge in [-0.3, -0.25) is 0 Å². The van der Waals surface area contributed by atoms with Crippen molar-refractivity contribution in [3.63, 3.8) is 0 Å². The summed E-state index contributed by atoms with van der Waals surface area (Å²) in [4.78, 5) is 0. The number of nitrogens with one attached hydrogen (secondary N) is 1. The fourth-order valence-electron chi connectivity index (χ4n) is 2.74. The summed E-state index contributed by atoms with van der Waals surface area (Å²) in [6.45, 7) is 0.912. The molecule has 0 saturated heterocycles. The van der Waals surface area contributed by atoms with E-state index < -0.39 is 0 Å². The maximum Gasteiger partial charge on any atom is 0.101 e. The zero-order chi connectivity index (χ0) is 13.7. The Kier molecular flexibility index (Phi) is 4.68. The summed E-state index contributed by atoms with van der Waals surface area (Å²) in [5, 5.41) is 22.6. The lowest BCUT2D eigenvalue weighted by molar-refractivity contribution is 0.0944. The minimum absolute atomic E-state index is 0.0371. The van der Waals surface area contributed by atoms with Crippen LogP contribution in [0.15, 0.2) is 18.2 Å². The van der Waals surface area contributed by atoms with E-state index in [2.05, 4.69) is 11.4 Å². The lowest BCUT2D eigenvalue weighted by Crippen LogP contribution is -2.35. The number of hydrogen-bond donors (Lipinski definition) is 2. The van der Waals surface area contributed by atoms with Gasteiger partial charge in [0.1, 0.15) is 6.07 Å². The Labute approximate surface area is 119 Å². The number of halogens is 1. The van der Waals surface area contributed by atoms with Gasteiger partial charge in [0.2, 0.25) is 0 Å². The minimum atomic E-state index is -0.0371. The van der Waals surface area contributed by atoms with Gasteiger partial charge in [0.25, 0.3) is 0 Å². The zero-order valence-corrected chi connectivity index (χ0v) is 11.7. The van der Waals surface area contributed by atoms with Gasteiger partial charge in [-0.25, -0.2) is 0 Å². The standard InChI is InChI=1S/C15H19ClN2O/c16-13-4-5-14(12(8-13)9-17)18-10-15(11-19)6-2-1-3-7-15/h4-5,8,18-19H,1-3,6-7,10-11H2. The molecular formula is C15H19ClN2O. The van der Waals surface area contributed by atoms with Crippen molar-refractivity contribution in [3.05, 3.63) is 28.8 Å². The van der Waals surface area contributed by atoms with E-state index in [1.54, 1.807) is 12.1 Å². The predicted molar refractivity (Wildman–Crippen MR) is 77.3 cm³/mol. The Morgan fingerprint density at radius 3 is 2.68 bits per heavy atom. The predicted octanol–water partition coefficient (Wildman–Crippen LogP) is 3.57. The van der Waals surface area contributed by atoms with Gasteiger partial charge in [0, 0.05) is 17.0 Å². The Bertz CT molecular complexity index is 476. The smallest absolute Gasteiger partial charge is 0.101 e. The fraction of sp³-hybridized carbons (Fsp3) is 0.533. The van der Waals surface area contributed by atoms with Crippen molar-refractivity contribution in [2.24, 2.45) is 5.41 Å². The molecule has 2 rings (SSSR count). The highest BCUT2D eigenvalue weighted by atomic mass is 35.5. The third kappa shape index (κ3) is 3.40. The number of rotatable bonds is 4. The van der Waals surface area contributed by atoms with E-state index in [0.29, 0.717) is 17.1 Å². The van der Waals surface area contributed by atoms with Crippen LogP contribution < -0.4 is 5.32 Å². The SMILES string of the molecule is N#Cc1cc(Cl)ccc1NCC1(CO)CCCCC1. The second-order valence-electron chi connectivity index (χ2n) is 5.37. The number of benzene rings is 1. The molecule has 1 fully saturated rings. The molecule has 3 nitrogen and oxygen atoms in total. The number of aliphatic hydroxyl groups is 1. The molecule has 0 aliphatic heterocycles. The van der Waals surface area contributed by atoms with Crippen molar-refractivity contribution < 1.29 is 5.11 Å². The van der Waals surface area contributed by atoms with Crippen molar-refractivity contribution >= 4 is 17.3 Å². The van der Waals surface area contributed by atoms with Crippen LogP contribution in [0.5, 0.6) is 0 Å². The molecule has 0 amide bonds. The molecule has 102 valence electrons. The van der Waals surface area contributed by atoms with Gasteiger partial charge in [0.15, 0.2) is 0 Å². The second-order valence-corrected chi connectivity index (χ2v) is 5.81. The van der Waals surface area contributed by atoms with Crippen LogP contribution in [0.1, 0.15) is 37.7 Å². The molecule has 1 aliphatic rings. The third-order valence-corrected chi connectivity index (χ3v) is 4.24. The molecule has 1 saturated carbocycles. The molecule has 0 spiro atoms. The van der Waals surface area contributed by atoms with E-state index in [9.17, 15) is 5.11 Å². The van der Waals surface area contributed by atoms with Gasteiger partial charge in [-0.2, -0.15) is 5.26 Å². The summed E-state index contributed by atoms with van der Waals surface area (Å²) >= 11 is 5.88. The normalized spacial score (nSPS) is 17.7. The van der Waals surface area contributed by atoms with E-state index in [4.69, 9.17) is 16.9 Å². The molecule has 0 heterocycles. The maximum absolute atomic E-state index is 9.66. The molecule has 1 aromatic carbocycles. The van der Waals surface area contributed by atoms with Gasteiger partial charge >= 0.3 is 0 Å². The Hall–Kier alpha value is -1.24. The third-order valence-electron chi connectivity index (χ3n) is 4.01. The summed E-state index contributed by atoms with van der Waals surface area (Å²) in [6.07, 6.45) is 5.70. The van der Waals surface area contributed by atoms with E-state index in [1.807, 2.05) is 6.07 Å². The van der Waals surface area contributed by atoms with Crippen molar-refractivity contribution in [2.45, 2.75) is 32.1 Å².